The van der Waals surface area contributed by atoms with Crippen LogP contribution in [0.3, 0.4) is 0 Å². The van der Waals surface area contributed by atoms with Crippen LogP contribution in [0.4, 0.5) is 0 Å². The van der Waals surface area contributed by atoms with Gasteiger partial charge in [-0.15, -0.1) is 0 Å². The number of benzene rings is 1. The number of allylic oxidation sites excluding steroid dienone is 1. The lowest BCUT2D eigenvalue weighted by atomic mass is 10.0. The largest absolute Gasteiger partial charge is 0.454 e. The molecular weight excluding hydrogens is 516 g/mol. The monoisotopic (exact) mass is 546 g/mol. The Bertz CT molecular complexity index is 1300. The molecular formula is C25H30N4O8S. The normalized spacial score (nSPS) is 20.1. The lowest BCUT2D eigenvalue weighted by Gasteiger charge is -2.33. The highest BCUT2D eigenvalue weighted by Gasteiger charge is 2.46. The zero-order valence-corrected chi connectivity index (χ0v) is 22.0. The molecule has 1 fully saturated rings. The summed E-state index contributed by atoms with van der Waals surface area (Å²) in [5.41, 5.74) is 0.178. The standard InChI is InChI=1S/C25H30N4O8S/c1-15(2)11-17(28-23(32)16-7-8-21-22(12-16)37-14-36-21)25(33)29(18-5-3-9-26-13-20(18)31)38(34,35)24-19(30)6-4-10-27-24/h4,7-8,10,12,15,17-18,26H,3,5-6,9,11,13-14H2,1-2H3,(H,28,32)/t17?,18-/m0/s1. The van der Waals surface area contributed by atoms with E-state index in [0.29, 0.717) is 28.8 Å². The van der Waals surface area contributed by atoms with E-state index in [4.69, 9.17) is 9.47 Å². The van der Waals surface area contributed by atoms with Crippen LogP contribution in [-0.2, 0) is 24.4 Å². The average molecular weight is 547 g/mol. The number of amides is 2. The summed E-state index contributed by atoms with van der Waals surface area (Å²) >= 11 is 0. The maximum Gasteiger partial charge on any atom is 0.288 e. The van der Waals surface area contributed by atoms with E-state index in [2.05, 4.69) is 15.6 Å². The molecule has 0 aliphatic carbocycles. The summed E-state index contributed by atoms with van der Waals surface area (Å²) in [5.74, 6) is -2.22. The van der Waals surface area contributed by atoms with Gasteiger partial charge < -0.3 is 20.1 Å². The SMILES string of the molecule is CC(C)CC(NC(=O)c1ccc2c(c1)OCO2)C(=O)N([C@H]1CCCNCC1=O)S(=O)(=O)C1=NC=CCC1=O. The van der Waals surface area contributed by atoms with Crippen molar-refractivity contribution in [1.82, 2.24) is 14.9 Å². The molecule has 4 rings (SSSR count). The van der Waals surface area contributed by atoms with Crippen molar-refractivity contribution in [3.05, 3.63) is 36.0 Å². The molecule has 3 heterocycles. The lowest BCUT2D eigenvalue weighted by Crippen LogP contribution is -2.58. The molecule has 13 heteroatoms. The molecule has 12 nitrogen and oxygen atoms in total. The average Bonchev–Trinajstić information content (AvgIpc) is 3.25. The first kappa shape index (κ1) is 27.5. The van der Waals surface area contributed by atoms with Crippen molar-refractivity contribution in [3.8, 4) is 11.5 Å². The summed E-state index contributed by atoms with van der Waals surface area (Å²) in [5, 5.41) is 4.75. The van der Waals surface area contributed by atoms with Gasteiger partial charge in [0.25, 0.3) is 21.8 Å². The number of hydrogen-bond acceptors (Lipinski definition) is 10. The Hall–Kier alpha value is -3.58. The molecule has 0 saturated carbocycles. The minimum Gasteiger partial charge on any atom is -0.454 e. The molecule has 2 N–H and O–H groups in total. The number of ether oxygens (including phenoxy) is 2. The number of sulfonamides is 1. The number of Topliss-reactive ketones (excluding diaryl/α,β-unsaturated/α-hetero) is 2. The topological polar surface area (TPSA) is 161 Å². The number of carbonyl (C=O) groups is 4. The molecule has 38 heavy (non-hydrogen) atoms. The Kier molecular flexibility index (Phi) is 8.26. The lowest BCUT2D eigenvalue weighted by molar-refractivity contribution is -0.135. The molecule has 1 saturated heterocycles. The van der Waals surface area contributed by atoms with Gasteiger partial charge in [-0.05, 0) is 49.9 Å². The minimum atomic E-state index is -4.81. The van der Waals surface area contributed by atoms with E-state index < -0.39 is 50.5 Å². The van der Waals surface area contributed by atoms with E-state index in [1.165, 1.54) is 24.4 Å². The smallest absolute Gasteiger partial charge is 0.288 e. The van der Waals surface area contributed by atoms with Crippen LogP contribution in [0.25, 0.3) is 0 Å². The number of rotatable bonds is 6. The van der Waals surface area contributed by atoms with Gasteiger partial charge in [-0.1, -0.05) is 19.9 Å². The van der Waals surface area contributed by atoms with Gasteiger partial charge in [0, 0.05) is 18.2 Å². The van der Waals surface area contributed by atoms with Crippen molar-refractivity contribution in [2.75, 3.05) is 19.9 Å². The number of carbonyl (C=O) groups excluding carboxylic acids is 4. The van der Waals surface area contributed by atoms with Gasteiger partial charge in [-0.25, -0.2) is 9.30 Å². The summed E-state index contributed by atoms with van der Waals surface area (Å²) in [6, 6.07) is 1.87. The summed E-state index contributed by atoms with van der Waals surface area (Å²) in [4.78, 5) is 56.5. The number of hydrogen-bond donors (Lipinski definition) is 2. The quantitative estimate of drug-likeness (QED) is 0.529. The van der Waals surface area contributed by atoms with Gasteiger partial charge in [0.15, 0.2) is 23.1 Å². The molecule has 2 amide bonds. The fourth-order valence-electron chi connectivity index (χ4n) is 4.47. The molecule has 3 aliphatic heterocycles. The maximum atomic E-state index is 14.0. The van der Waals surface area contributed by atoms with Gasteiger partial charge in [0.2, 0.25) is 11.8 Å². The van der Waals surface area contributed by atoms with Gasteiger partial charge in [-0.2, -0.15) is 8.42 Å². The van der Waals surface area contributed by atoms with Gasteiger partial charge in [0.1, 0.15) is 12.1 Å². The van der Waals surface area contributed by atoms with Crippen LogP contribution in [0.1, 0.15) is 49.9 Å². The van der Waals surface area contributed by atoms with E-state index in [1.54, 1.807) is 6.07 Å². The third kappa shape index (κ3) is 5.78. The Labute approximate surface area is 220 Å². The molecule has 204 valence electrons. The molecule has 0 bridgehead atoms. The molecule has 0 radical (unpaired) electrons. The fraction of sp³-hybridized carbons (Fsp3) is 0.480. The third-order valence-electron chi connectivity index (χ3n) is 6.29. The molecule has 1 unspecified atom stereocenters. The van der Waals surface area contributed by atoms with Crippen LogP contribution in [0.15, 0.2) is 35.5 Å². The zero-order valence-electron chi connectivity index (χ0n) is 21.1. The van der Waals surface area contributed by atoms with Crippen molar-refractivity contribution in [3.63, 3.8) is 0 Å². The summed E-state index contributed by atoms with van der Waals surface area (Å²) < 4.78 is 38.6. The Morgan fingerprint density at radius 3 is 2.71 bits per heavy atom. The molecule has 1 aromatic carbocycles. The van der Waals surface area contributed by atoms with E-state index in [-0.39, 0.29) is 44.1 Å². The second-order valence-electron chi connectivity index (χ2n) is 9.61. The van der Waals surface area contributed by atoms with Crippen molar-refractivity contribution >= 4 is 38.4 Å². The summed E-state index contributed by atoms with van der Waals surface area (Å²) in [7, 11) is -4.81. The zero-order chi connectivity index (χ0) is 27.4. The number of nitrogens with zero attached hydrogens (tertiary/aromatic N) is 2. The third-order valence-corrected chi connectivity index (χ3v) is 8.06. The van der Waals surface area contributed by atoms with Gasteiger partial charge in [0.05, 0.1) is 6.54 Å². The Balaban J connectivity index is 1.71. The highest BCUT2D eigenvalue weighted by atomic mass is 32.2. The number of nitrogens with one attached hydrogen (secondary N) is 2. The molecule has 1 aromatic rings. The Morgan fingerprint density at radius 1 is 1.21 bits per heavy atom. The second-order valence-corrected chi connectivity index (χ2v) is 11.3. The molecule has 2 atom stereocenters. The minimum absolute atomic E-state index is 0.0176. The highest BCUT2D eigenvalue weighted by molar-refractivity contribution is 8.06. The first-order valence-electron chi connectivity index (χ1n) is 12.4. The van der Waals surface area contributed by atoms with Crippen LogP contribution >= 0.6 is 0 Å². The van der Waals surface area contributed by atoms with Crippen LogP contribution in [0.5, 0.6) is 11.5 Å². The van der Waals surface area contributed by atoms with Crippen molar-refractivity contribution in [2.45, 2.75) is 51.6 Å². The van der Waals surface area contributed by atoms with Gasteiger partial charge >= 0.3 is 0 Å². The van der Waals surface area contributed by atoms with Crippen molar-refractivity contribution < 1.29 is 37.1 Å². The van der Waals surface area contributed by atoms with Crippen molar-refractivity contribution in [2.24, 2.45) is 10.9 Å². The predicted molar refractivity (Wildman–Crippen MR) is 136 cm³/mol. The second kappa shape index (κ2) is 11.4. The maximum absolute atomic E-state index is 14.0. The van der Waals surface area contributed by atoms with E-state index in [1.807, 2.05) is 13.8 Å². The fourth-order valence-corrected chi connectivity index (χ4v) is 6.14. The molecule has 0 spiro atoms. The van der Waals surface area contributed by atoms with Crippen LogP contribution in [0, 0.1) is 5.92 Å². The predicted octanol–water partition coefficient (Wildman–Crippen LogP) is 0.924. The summed E-state index contributed by atoms with van der Waals surface area (Å²) in [6.45, 7) is 3.97. The first-order chi connectivity index (χ1) is 18.1. The van der Waals surface area contributed by atoms with Crippen molar-refractivity contribution in [1.29, 1.82) is 0 Å². The van der Waals surface area contributed by atoms with E-state index >= 15 is 0 Å². The Morgan fingerprint density at radius 2 is 1.97 bits per heavy atom. The van der Waals surface area contributed by atoms with Crippen LogP contribution in [0.2, 0.25) is 0 Å². The number of ketones is 2. The van der Waals surface area contributed by atoms with Crippen LogP contribution < -0.4 is 20.1 Å². The van der Waals surface area contributed by atoms with E-state index in [9.17, 15) is 27.6 Å². The van der Waals surface area contributed by atoms with Crippen LogP contribution in [-0.4, -0.2) is 73.1 Å². The summed E-state index contributed by atoms with van der Waals surface area (Å²) in [6.07, 6.45) is 2.96. The van der Waals surface area contributed by atoms with Gasteiger partial charge in [-0.3, -0.25) is 19.2 Å². The van der Waals surface area contributed by atoms with E-state index in [0.717, 1.165) is 0 Å². The highest BCUT2D eigenvalue weighted by Crippen LogP contribution is 2.32. The first-order valence-corrected chi connectivity index (χ1v) is 13.8. The molecule has 0 aromatic heterocycles. The number of aliphatic imine (C=N–C) groups is 1. The molecule has 3 aliphatic rings. The number of fused-ring (bicyclic) bond motifs is 1.